The number of hydrogen-bond donors (Lipinski definition) is 3. The molecule has 5 nitrogen and oxygen atoms in total. The number of carbonyl (C=O) groups excluding carboxylic acids is 2. The van der Waals surface area contributed by atoms with Crippen LogP contribution in [0.15, 0.2) is 0 Å². The molecule has 1 rings (SSSR count). The molecule has 9 heavy (non-hydrogen) atoms. The van der Waals surface area contributed by atoms with Crippen molar-refractivity contribution in [3.63, 3.8) is 0 Å². The van der Waals surface area contributed by atoms with Crippen molar-refractivity contribution in [1.82, 2.24) is 10.0 Å². The van der Waals surface area contributed by atoms with Gasteiger partial charge in [-0.2, -0.15) is 0 Å². The minimum Gasteiger partial charge on any atom is -0.277 e. The molecule has 1 fully saturated rings. The predicted octanol–water partition coefficient (Wildman–Crippen LogP) is -0.879. The Morgan fingerprint density at radius 2 is 2.22 bits per heavy atom. The molecule has 0 radical (unpaired) electrons. The van der Waals surface area contributed by atoms with E-state index in [1.165, 1.54) is 0 Å². The molecule has 3 N–H and O–H groups in total. The van der Waals surface area contributed by atoms with Crippen LogP contribution in [0, 0.1) is 4.78 Å². The number of urea groups is 1. The molecule has 1 heterocycles. The third kappa shape index (κ3) is 1.49. The van der Waals surface area contributed by atoms with Crippen LogP contribution in [0.5, 0.6) is 0 Å². The molecule has 1 saturated heterocycles. The zero-order valence-electron chi connectivity index (χ0n) is 4.43. The summed E-state index contributed by atoms with van der Waals surface area (Å²) in [6.07, 6.45) is 0. The van der Waals surface area contributed by atoms with Crippen molar-refractivity contribution >= 4 is 22.8 Å². The van der Waals surface area contributed by atoms with Gasteiger partial charge in [0.25, 0.3) is 0 Å². The molecule has 0 aromatic rings. The first-order chi connectivity index (χ1) is 4.18. The molecule has 0 spiro atoms. The van der Waals surface area contributed by atoms with Crippen LogP contribution in [0.2, 0.25) is 0 Å². The average Bonchev–Trinajstić information content (AvgIpc) is 1.59. The monoisotopic (exact) mass is 147 g/mol. The third-order valence-corrected chi connectivity index (χ3v) is 1.73. The van der Waals surface area contributed by atoms with Gasteiger partial charge in [-0.1, -0.05) is 0 Å². The summed E-state index contributed by atoms with van der Waals surface area (Å²) in [5.74, 6) is -0.303. The summed E-state index contributed by atoms with van der Waals surface area (Å²) < 4.78 is 9.20. The Hall–Kier alpha value is -0.910. The first-order valence-corrected chi connectivity index (χ1v) is 3.60. The number of amides is 3. The Morgan fingerprint density at radius 3 is 2.67 bits per heavy atom. The predicted molar refractivity (Wildman–Crippen MR) is 31.6 cm³/mol. The molecule has 50 valence electrons. The van der Waals surface area contributed by atoms with Gasteiger partial charge in [0.15, 0.2) is 0 Å². The van der Waals surface area contributed by atoms with Crippen molar-refractivity contribution < 1.29 is 9.59 Å². The summed E-state index contributed by atoms with van der Waals surface area (Å²) in [5, 5.41) is 2.01. The van der Waals surface area contributed by atoms with Crippen molar-refractivity contribution in [2.45, 2.75) is 0 Å². The van der Waals surface area contributed by atoms with Gasteiger partial charge in [0.2, 0.25) is 5.91 Å². The molecule has 0 aromatic heterocycles. The second kappa shape index (κ2) is 2.14. The highest BCUT2D eigenvalue weighted by atomic mass is 32.2. The Kier molecular flexibility index (Phi) is 1.48. The maximum atomic E-state index is 10.4. The third-order valence-electron chi connectivity index (χ3n) is 0.744. The molecule has 3 amide bonds. The molecular weight excluding hydrogens is 142 g/mol. The van der Waals surface area contributed by atoms with E-state index in [9.17, 15) is 9.59 Å². The molecule has 1 aliphatic rings. The first kappa shape index (κ1) is 6.21. The zero-order chi connectivity index (χ0) is 6.85. The molecule has 1 atom stereocenters. The summed E-state index contributed by atoms with van der Waals surface area (Å²) in [6.45, 7) is 0. The fourth-order valence-electron chi connectivity index (χ4n) is 0.467. The van der Waals surface area contributed by atoms with E-state index in [0.29, 0.717) is 0 Å². The Bertz CT molecular complexity index is 144. The minimum absolute atomic E-state index is 0.0751. The lowest BCUT2D eigenvalue weighted by Crippen LogP contribution is -2.49. The van der Waals surface area contributed by atoms with Crippen molar-refractivity contribution in [3.05, 3.63) is 0 Å². The van der Waals surface area contributed by atoms with Crippen LogP contribution >= 0.6 is 0 Å². The maximum absolute atomic E-state index is 10.4. The molecule has 0 aromatic carbocycles. The smallest absolute Gasteiger partial charge is 0.277 e. The summed E-state index contributed by atoms with van der Waals surface area (Å²) in [4.78, 5) is 20.7. The quantitative estimate of drug-likeness (QED) is 0.416. The van der Waals surface area contributed by atoms with Crippen molar-refractivity contribution in [2.24, 2.45) is 0 Å². The van der Waals surface area contributed by atoms with E-state index in [2.05, 4.69) is 4.72 Å². The highest BCUT2D eigenvalue weighted by molar-refractivity contribution is 7.85. The van der Waals surface area contributed by atoms with E-state index in [1.54, 1.807) is 0 Å². The van der Waals surface area contributed by atoms with Gasteiger partial charge in [-0.05, 0) is 0 Å². The lowest BCUT2D eigenvalue weighted by Gasteiger charge is -2.12. The second-order valence-corrected chi connectivity index (χ2v) is 2.79. The Morgan fingerprint density at radius 1 is 1.56 bits per heavy atom. The van der Waals surface area contributed by atoms with Crippen LogP contribution in [0.4, 0.5) is 4.79 Å². The summed E-state index contributed by atoms with van der Waals surface area (Å²) in [6, 6.07) is -0.565. The van der Waals surface area contributed by atoms with E-state index in [-0.39, 0.29) is 11.7 Å². The molecule has 0 bridgehead atoms. The maximum Gasteiger partial charge on any atom is 0.332 e. The van der Waals surface area contributed by atoms with Gasteiger partial charge in [-0.15, -0.1) is 0 Å². The van der Waals surface area contributed by atoms with Gasteiger partial charge in [-0.25, -0.2) is 4.79 Å². The van der Waals surface area contributed by atoms with E-state index < -0.39 is 16.9 Å². The Balaban J connectivity index is 2.64. The average molecular weight is 147 g/mol. The number of imide groups is 1. The van der Waals surface area contributed by atoms with Crippen LogP contribution in [-0.4, -0.2) is 17.7 Å². The van der Waals surface area contributed by atoms with Crippen molar-refractivity contribution in [1.29, 1.82) is 4.78 Å². The molecule has 0 aliphatic carbocycles. The van der Waals surface area contributed by atoms with Crippen LogP contribution in [0.25, 0.3) is 0 Å². The van der Waals surface area contributed by atoms with Gasteiger partial charge in [0, 0.05) is 10.9 Å². The largest absolute Gasteiger partial charge is 0.332 e. The topological polar surface area (TPSA) is 82.1 Å². The number of nitrogens with one attached hydrogen (secondary N) is 3. The van der Waals surface area contributed by atoms with Crippen molar-refractivity contribution in [3.8, 4) is 0 Å². The first-order valence-electron chi connectivity index (χ1n) is 2.21. The summed E-state index contributed by atoms with van der Waals surface area (Å²) >= 11 is 0. The SMILES string of the molecule is N=S1CC(=O)NC(=O)N1. The normalized spacial score (nSPS) is 26.9. The molecule has 0 saturated carbocycles. The highest BCUT2D eigenvalue weighted by Gasteiger charge is 2.16. The second-order valence-electron chi connectivity index (χ2n) is 1.51. The summed E-state index contributed by atoms with van der Waals surface area (Å²) in [7, 11) is -1.01. The Labute approximate surface area is 53.8 Å². The van der Waals surface area contributed by atoms with Gasteiger partial charge < -0.3 is 0 Å². The summed E-state index contributed by atoms with van der Waals surface area (Å²) in [5.41, 5.74) is 0. The van der Waals surface area contributed by atoms with Crippen LogP contribution in [0.1, 0.15) is 0 Å². The minimum atomic E-state index is -1.01. The van der Waals surface area contributed by atoms with E-state index in [4.69, 9.17) is 4.78 Å². The van der Waals surface area contributed by atoms with E-state index in [0.717, 1.165) is 0 Å². The zero-order valence-corrected chi connectivity index (χ0v) is 5.25. The van der Waals surface area contributed by atoms with Gasteiger partial charge in [0.05, 0.1) is 0 Å². The molecule has 6 heteroatoms. The lowest BCUT2D eigenvalue weighted by molar-refractivity contribution is -0.117. The number of carbonyl (C=O) groups is 2. The lowest BCUT2D eigenvalue weighted by atomic mass is 10.7. The number of rotatable bonds is 0. The molecular formula is C3H5N3O2S. The van der Waals surface area contributed by atoms with E-state index >= 15 is 0 Å². The van der Waals surface area contributed by atoms with E-state index in [1.807, 2.05) is 5.32 Å². The van der Waals surface area contributed by atoms with Crippen molar-refractivity contribution in [2.75, 3.05) is 5.75 Å². The van der Waals surface area contributed by atoms with Crippen LogP contribution in [-0.2, 0) is 15.7 Å². The van der Waals surface area contributed by atoms with Gasteiger partial charge in [0.1, 0.15) is 5.75 Å². The molecule has 1 aliphatic heterocycles. The number of hydrogen-bond acceptors (Lipinski definition) is 3. The van der Waals surface area contributed by atoms with Gasteiger partial charge in [-0.3, -0.25) is 19.6 Å². The van der Waals surface area contributed by atoms with Crippen LogP contribution in [0.3, 0.4) is 0 Å². The van der Waals surface area contributed by atoms with Crippen LogP contribution < -0.4 is 10.0 Å². The fraction of sp³-hybridized carbons (Fsp3) is 0.333. The highest BCUT2D eigenvalue weighted by Crippen LogP contribution is 1.84. The standard InChI is InChI=1S/C3H5N3O2S/c4-9-1-2(7)5-3(8)6-9/h1H2,(H3,4,5,6,7,8). The molecule has 1 unspecified atom stereocenters. The fourth-order valence-corrected chi connectivity index (χ4v) is 1.15. The van der Waals surface area contributed by atoms with Gasteiger partial charge >= 0.3 is 6.03 Å².